The molecule has 0 amide bonds. The summed E-state index contributed by atoms with van der Waals surface area (Å²) in [6, 6.07) is 19.3. The van der Waals surface area contributed by atoms with Crippen LogP contribution in [0.3, 0.4) is 0 Å². The van der Waals surface area contributed by atoms with Gasteiger partial charge in [0, 0.05) is 20.9 Å². The number of hydrogen-bond acceptors (Lipinski definition) is 9. The number of nitrogens with one attached hydrogen (secondary N) is 1. The molecule has 0 atom stereocenters. The average molecular weight is 529 g/mol. The van der Waals surface area contributed by atoms with Gasteiger partial charge in [-0.3, -0.25) is 0 Å². The summed E-state index contributed by atoms with van der Waals surface area (Å²) in [7, 11) is 0. The van der Waals surface area contributed by atoms with Gasteiger partial charge in [0.2, 0.25) is 5.69 Å². The van der Waals surface area contributed by atoms with Gasteiger partial charge in [-0.1, -0.05) is 34.1 Å². The fourth-order valence-corrected chi connectivity index (χ4v) is 4.81. The minimum atomic E-state index is 0.000996. The van der Waals surface area contributed by atoms with E-state index in [-0.39, 0.29) is 11.5 Å². The van der Waals surface area contributed by atoms with Crippen molar-refractivity contribution in [2.24, 2.45) is 0 Å². The summed E-state index contributed by atoms with van der Waals surface area (Å²) >= 11 is 4.91. The Morgan fingerprint density at radius 1 is 1.12 bits per heavy atom. The zero-order valence-electron chi connectivity index (χ0n) is 17.2. The molecule has 34 heavy (non-hydrogen) atoms. The maximum absolute atomic E-state index is 9.30. The van der Waals surface area contributed by atoms with Crippen LogP contribution in [0.4, 0.5) is 17.3 Å². The smallest absolute Gasteiger partial charge is 0.205 e. The van der Waals surface area contributed by atoms with Crippen LogP contribution in [0.1, 0.15) is 5.69 Å². The van der Waals surface area contributed by atoms with E-state index >= 15 is 0 Å². The highest BCUT2D eigenvalue weighted by Crippen LogP contribution is 2.38. The van der Waals surface area contributed by atoms with Gasteiger partial charge in [-0.15, -0.1) is 26.6 Å². The Hall–Kier alpha value is -4.27. The van der Waals surface area contributed by atoms with Crippen LogP contribution in [0.5, 0.6) is 0 Å². The summed E-state index contributed by atoms with van der Waals surface area (Å²) in [6.45, 7) is 0. The van der Waals surface area contributed by atoms with Crippen molar-refractivity contribution in [2.75, 3.05) is 11.1 Å². The standard InChI is InChI=1S/C23H13BrN8OS/c24-13-6-7-17-12(8-13)9-18(33-17)16-11-34-23(28-16)19-21(27-14-4-2-1-3-5-14)31-32-20(26)15(10-25)29-30-22(19)32/h1-9,11H,26H2,(H,27,31). The van der Waals surface area contributed by atoms with E-state index in [4.69, 9.17) is 15.1 Å². The van der Waals surface area contributed by atoms with Gasteiger partial charge in [0.15, 0.2) is 23.0 Å². The second-order valence-electron chi connectivity index (χ2n) is 7.33. The first-order chi connectivity index (χ1) is 16.6. The number of anilines is 3. The summed E-state index contributed by atoms with van der Waals surface area (Å²) in [5.41, 5.74) is 9.46. The topological polar surface area (TPSA) is 131 Å². The number of para-hydroxylation sites is 1. The molecule has 0 bridgehead atoms. The first-order valence-electron chi connectivity index (χ1n) is 10.0. The fraction of sp³-hybridized carbons (Fsp3) is 0. The maximum Gasteiger partial charge on any atom is 0.205 e. The summed E-state index contributed by atoms with van der Waals surface area (Å²) in [5, 5.41) is 28.9. The highest BCUT2D eigenvalue weighted by atomic mass is 79.9. The van der Waals surface area contributed by atoms with Crippen molar-refractivity contribution in [2.45, 2.75) is 0 Å². The van der Waals surface area contributed by atoms with Crippen molar-refractivity contribution in [3.63, 3.8) is 0 Å². The van der Waals surface area contributed by atoms with Gasteiger partial charge < -0.3 is 15.5 Å². The van der Waals surface area contributed by atoms with Gasteiger partial charge >= 0.3 is 0 Å². The van der Waals surface area contributed by atoms with Crippen LogP contribution in [0, 0.1) is 11.3 Å². The molecule has 4 aromatic heterocycles. The monoisotopic (exact) mass is 528 g/mol. The molecule has 0 aliphatic carbocycles. The predicted molar refractivity (Wildman–Crippen MR) is 134 cm³/mol. The molecule has 164 valence electrons. The largest absolute Gasteiger partial charge is 0.454 e. The SMILES string of the molecule is N#Cc1nnc2c(-c3nc(-c4cc5cc(Br)ccc5o4)cs3)c(Nc3ccccc3)nn2c1N. The number of benzene rings is 2. The van der Waals surface area contributed by atoms with Crippen LogP contribution in [-0.2, 0) is 0 Å². The molecular weight excluding hydrogens is 516 g/mol. The van der Waals surface area contributed by atoms with E-state index in [1.165, 1.54) is 15.9 Å². The van der Waals surface area contributed by atoms with E-state index in [1.54, 1.807) is 0 Å². The molecule has 3 N–H and O–H groups in total. The van der Waals surface area contributed by atoms with Gasteiger partial charge in [-0.25, -0.2) is 4.98 Å². The number of thiazole rings is 1. The van der Waals surface area contributed by atoms with Crippen LogP contribution < -0.4 is 11.1 Å². The number of nitrogens with two attached hydrogens (primary N) is 1. The molecule has 9 nitrogen and oxygen atoms in total. The normalized spacial score (nSPS) is 11.2. The number of nitrogens with zero attached hydrogens (tertiary/aromatic N) is 6. The third-order valence-electron chi connectivity index (χ3n) is 5.17. The zero-order valence-corrected chi connectivity index (χ0v) is 19.6. The molecule has 0 fully saturated rings. The number of hydrogen-bond donors (Lipinski definition) is 2. The van der Waals surface area contributed by atoms with Gasteiger partial charge in [0.1, 0.15) is 27.9 Å². The lowest BCUT2D eigenvalue weighted by Crippen LogP contribution is -2.06. The van der Waals surface area contributed by atoms with Crippen LogP contribution in [0.15, 0.2) is 68.9 Å². The Bertz CT molecular complexity index is 1730. The van der Waals surface area contributed by atoms with Gasteiger partial charge in [-0.05, 0) is 36.4 Å². The molecule has 0 aliphatic rings. The molecule has 0 saturated heterocycles. The Morgan fingerprint density at radius 2 is 1.97 bits per heavy atom. The van der Waals surface area contributed by atoms with Crippen molar-refractivity contribution in [1.82, 2.24) is 24.8 Å². The van der Waals surface area contributed by atoms with Gasteiger partial charge in [0.25, 0.3) is 0 Å². The second kappa shape index (κ2) is 7.95. The molecule has 0 radical (unpaired) electrons. The molecule has 0 unspecified atom stereocenters. The summed E-state index contributed by atoms with van der Waals surface area (Å²) < 4.78 is 8.39. The molecule has 11 heteroatoms. The van der Waals surface area contributed by atoms with Crippen molar-refractivity contribution in [1.29, 1.82) is 5.26 Å². The second-order valence-corrected chi connectivity index (χ2v) is 9.10. The summed E-state index contributed by atoms with van der Waals surface area (Å²) in [5.74, 6) is 1.26. The third-order valence-corrected chi connectivity index (χ3v) is 6.52. The molecule has 6 rings (SSSR count). The highest BCUT2D eigenvalue weighted by Gasteiger charge is 2.23. The van der Waals surface area contributed by atoms with Crippen molar-refractivity contribution in [3.05, 3.63) is 70.1 Å². The Kier molecular flexibility index (Phi) is 4.75. The Labute approximate surface area is 204 Å². The van der Waals surface area contributed by atoms with Crippen molar-refractivity contribution in [3.8, 4) is 28.1 Å². The van der Waals surface area contributed by atoms with E-state index in [9.17, 15) is 5.26 Å². The van der Waals surface area contributed by atoms with Crippen LogP contribution >= 0.6 is 27.3 Å². The first kappa shape index (κ1) is 20.3. The lowest BCUT2D eigenvalue weighted by atomic mass is 10.2. The summed E-state index contributed by atoms with van der Waals surface area (Å²) in [6.07, 6.45) is 0. The molecule has 0 saturated carbocycles. The van der Waals surface area contributed by atoms with Gasteiger partial charge in [-0.2, -0.15) is 9.78 Å². The predicted octanol–water partition coefficient (Wildman–Crippen LogP) is 5.62. The number of aromatic nitrogens is 5. The molecular formula is C23H13BrN8OS. The van der Waals surface area contributed by atoms with E-state index in [0.717, 1.165) is 21.1 Å². The molecule has 0 aliphatic heterocycles. The number of halogens is 1. The number of nitrogen functional groups attached to an aromatic ring is 1. The Balaban J connectivity index is 1.50. The van der Waals surface area contributed by atoms with Crippen molar-refractivity contribution < 1.29 is 4.42 Å². The zero-order chi connectivity index (χ0) is 23.2. The maximum atomic E-state index is 9.30. The van der Waals surface area contributed by atoms with E-state index in [2.05, 4.69) is 36.5 Å². The van der Waals surface area contributed by atoms with E-state index < -0.39 is 0 Å². The van der Waals surface area contributed by atoms with Crippen molar-refractivity contribution >= 4 is 61.2 Å². The van der Waals surface area contributed by atoms with Gasteiger partial charge in [0.05, 0.1) is 0 Å². The number of rotatable bonds is 4. The molecule has 4 heterocycles. The minimum absolute atomic E-state index is 0.000996. The third kappa shape index (κ3) is 3.37. The number of fused-ring (bicyclic) bond motifs is 2. The quantitative estimate of drug-likeness (QED) is 0.301. The van der Waals surface area contributed by atoms with Crippen LogP contribution in [0.25, 0.3) is 38.6 Å². The minimum Gasteiger partial charge on any atom is -0.454 e. The van der Waals surface area contributed by atoms with Crippen LogP contribution in [-0.4, -0.2) is 24.8 Å². The number of furan rings is 1. The molecule has 6 aromatic rings. The van der Waals surface area contributed by atoms with E-state index in [0.29, 0.717) is 33.5 Å². The molecule has 0 spiro atoms. The van der Waals surface area contributed by atoms with Crippen LogP contribution in [0.2, 0.25) is 0 Å². The lowest BCUT2D eigenvalue weighted by Gasteiger charge is -2.03. The fourth-order valence-electron chi connectivity index (χ4n) is 3.58. The highest BCUT2D eigenvalue weighted by molar-refractivity contribution is 9.10. The lowest BCUT2D eigenvalue weighted by molar-refractivity contribution is 0.629. The number of nitriles is 1. The van der Waals surface area contributed by atoms with E-state index in [1.807, 2.05) is 66.0 Å². The Morgan fingerprint density at radius 3 is 2.79 bits per heavy atom. The molecule has 2 aromatic carbocycles. The first-order valence-corrected chi connectivity index (χ1v) is 11.7. The average Bonchev–Trinajstić information content (AvgIpc) is 3.56. The summed E-state index contributed by atoms with van der Waals surface area (Å²) in [4.78, 5) is 4.81.